The number of hydrogen-bond donors (Lipinski definition) is 1. The molecule has 2 rings (SSSR count). The first-order valence-corrected chi connectivity index (χ1v) is 5.80. The Morgan fingerprint density at radius 2 is 2.20 bits per heavy atom. The van der Waals surface area contributed by atoms with Crippen molar-refractivity contribution in [1.82, 2.24) is 19.8 Å². The summed E-state index contributed by atoms with van der Waals surface area (Å²) in [6, 6.07) is 0. The lowest BCUT2D eigenvalue weighted by Crippen LogP contribution is -2.30. The number of rotatable bonds is 3. The van der Waals surface area contributed by atoms with Gasteiger partial charge in [0.1, 0.15) is 0 Å². The van der Waals surface area contributed by atoms with Crippen LogP contribution in [0.3, 0.4) is 0 Å². The normalized spacial score (nSPS) is 11.8. The van der Waals surface area contributed by atoms with Crippen LogP contribution >= 0.6 is 11.3 Å². The molecule has 4 nitrogen and oxygen atoms in total. The fraction of sp³-hybridized carbons (Fsp3) is 0.500. The van der Waals surface area contributed by atoms with Gasteiger partial charge in [-0.3, -0.25) is 9.41 Å². The zero-order valence-corrected chi connectivity index (χ0v) is 10.4. The lowest BCUT2D eigenvalue weighted by atomic mass is 10.3. The van der Waals surface area contributed by atoms with Crippen molar-refractivity contribution in [2.45, 2.75) is 20.4 Å². The van der Waals surface area contributed by atoms with Gasteiger partial charge in [-0.25, -0.2) is 10.4 Å². The highest BCUT2D eigenvalue weighted by molar-refractivity contribution is 7.15. The number of hydrogen-bond acceptors (Lipinski definition) is 4. The van der Waals surface area contributed by atoms with Gasteiger partial charge in [-0.2, -0.15) is 0 Å². The molecule has 0 aliphatic heterocycles. The summed E-state index contributed by atoms with van der Waals surface area (Å²) in [6.45, 7) is 4.99. The van der Waals surface area contributed by atoms with Gasteiger partial charge < -0.3 is 0 Å². The van der Waals surface area contributed by atoms with E-state index in [0.717, 1.165) is 17.2 Å². The van der Waals surface area contributed by atoms with E-state index in [2.05, 4.69) is 34.0 Å². The molecule has 2 aromatic heterocycles. The minimum atomic E-state index is 0.817. The van der Waals surface area contributed by atoms with E-state index in [0.29, 0.717) is 0 Å². The average Bonchev–Trinajstić information content (AvgIpc) is 2.64. The Morgan fingerprint density at radius 1 is 1.47 bits per heavy atom. The van der Waals surface area contributed by atoms with Gasteiger partial charge in [0.25, 0.3) is 0 Å². The van der Waals surface area contributed by atoms with E-state index in [9.17, 15) is 0 Å². The predicted octanol–water partition coefficient (Wildman–Crippen LogP) is 1.58. The molecule has 0 aliphatic rings. The van der Waals surface area contributed by atoms with E-state index >= 15 is 0 Å². The van der Waals surface area contributed by atoms with Gasteiger partial charge in [-0.1, -0.05) is 0 Å². The van der Waals surface area contributed by atoms with Gasteiger partial charge in [-0.05, 0) is 13.8 Å². The van der Waals surface area contributed by atoms with Crippen LogP contribution in [-0.4, -0.2) is 28.5 Å². The third kappa shape index (κ3) is 1.90. The maximum atomic E-state index is 4.53. The molecule has 0 unspecified atom stereocenters. The summed E-state index contributed by atoms with van der Waals surface area (Å²) in [6.07, 6.45) is 0. The molecule has 0 saturated carbocycles. The molecule has 0 spiro atoms. The van der Waals surface area contributed by atoms with Crippen LogP contribution in [0.15, 0.2) is 5.38 Å². The fourth-order valence-corrected chi connectivity index (χ4v) is 2.54. The zero-order valence-electron chi connectivity index (χ0n) is 9.53. The summed E-state index contributed by atoms with van der Waals surface area (Å²) < 4.78 is 2.22. The number of thiazole rings is 1. The van der Waals surface area contributed by atoms with Crippen LogP contribution in [0.1, 0.15) is 17.1 Å². The van der Waals surface area contributed by atoms with Gasteiger partial charge in [0.05, 0.1) is 17.9 Å². The standard InChI is InChI=1S/C10H16N4S/c1-7-6-15-10-12-8(2)9(14(7)10)5-11-13(3)4/h6,11H,5H2,1-4H3. The SMILES string of the molecule is Cc1nc2scc(C)n2c1CNN(C)C. The Labute approximate surface area is 93.5 Å². The van der Waals surface area contributed by atoms with Gasteiger partial charge in [0.2, 0.25) is 0 Å². The quantitative estimate of drug-likeness (QED) is 0.803. The number of hydrazine groups is 1. The van der Waals surface area contributed by atoms with Gasteiger partial charge in [0.15, 0.2) is 4.96 Å². The minimum absolute atomic E-state index is 0.817. The summed E-state index contributed by atoms with van der Waals surface area (Å²) in [7, 11) is 3.99. The van der Waals surface area contributed by atoms with E-state index in [4.69, 9.17) is 0 Å². The van der Waals surface area contributed by atoms with Gasteiger partial charge >= 0.3 is 0 Å². The van der Waals surface area contributed by atoms with E-state index in [1.807, 2.05) is 19.1 Å². The first-order valence-electron chi connectivity index (χ1n) is 4.92. The van der Waals surface area contributed by atoms with Crippen molar-refractivity contribution >= 4 is 16.3 Å². The highest BCUT2D eigenvalue weighted by atomic mass is 32.1. The highest BCUT2D eigenvalue weighted by Gasteiger charge is 2.11. The Morgan fingerprint density at radius 3 is 2.87 bits per heavy atom. The smallest absolute Gasteiger partial charge is 0.194 e. The Bertz CT molecular complexity index is 469. The number of aryl methyl sites for hydroxylation is 2. The first-order chi connectivity index (χ1) is 7.09. The maximum Gasteiger partial charge on any atom is 0.194 e. The van der Waals surface area contributed by atoms with Crippen LogP contribution < -0.4 is 5.43 Å². The monoisotopic (exact) mass is 224 g/mol. The fourth-order valence-electron chi connectivity index (χ4n) is 1.61. The minimum Gasteiger partial charge on any atom is -0.290 e. The molecular formula is C10H16N4S. The van der Waals surface area contributed by atoms with Crippen molar-refractivity contribution in [3.05, 3.63) is 22.5 Å². The topological polar surface area (TPSA) is 32.6 Å². The largest absolute Gasteiger partial charge is 0.290 e. The molecule has 0 radical (unpaired) electrons. The average molecular weight is 224 g/mol. The second kappa shape index (κ2) is 3.92. The maximum absolute atomic E-state index is 4.53. The summed E-state index contributed by atoms with van der Waals surface area (Å²) >= 11 is 1.69. The first kappa shape index (κ1) is 10.6. The molecule has 15 heavy (non-hydrogen) atoms. The van der Waals surface area contributed by atoms with Crippen molar-refractivity contribution in [2.24, 2.45) is 0 Å². The third-order valence-corrected chi connectivity index (χ3v) is 3.34. The number of nitrogens with zero attached hydrogens (tertiary/aromatic N) is 3. The molecule has 0 fully saturated rings. The zero-order chi connectivity index (χ0) is 11.0. The molecule has 82 valence electrons. The summed E-state index contributed by atoms with van der Waals surface area (Å²) in [4.78, 5) is 5.62. The Hall–Kier alpha value is -0.910. The van der Waals surface area contributed by atoms with Crippen molar-refractivity contribution in [2.75, 3.05) is 14.1 Å². The Kier molecular flexibility index (Phi) is 2.77. The molecule has 0 saturated heterocycles. The molecule has 0 amide bonds. The van der Waals surface area contributed by atoms with Crippen LogP contribution in [-0.2, 0) is 6.54 Å². The van der Waals surface area contributed by atoms with E-state index in [-0.39, 0.29) is 0 Å². The summed E-state index contributed by atoms with van der Waals surface area (Å²) in [5.41, 5.74) is 6.89. The Balaban J connectivity index is 2.39. The lowest BCUT2D eigenvalue weighted by molar-refractivity contribution is 0.283. The van der Waals surface area contributed by atoms with Crippen LogP contribution in [0.2, 0.25) is 0 Å². The molecule has 0 atom stereocenters. The summed E-state index contributed by atoms with van der Waals surface area (Å²) in [5.74, 6) is 0. The van der Waals surface area contributed by atoms with Crippen molar-refractivity contribution in [3.8, 4) is 0 Å². The lowest BCUT2D eigenvalue weighted by Gasteiger charge is -2.12. The summed E-state index contributed by atoms with van der Waals surface area (Å²) in [5, 5.41) is 4.10. The number of nitrogens with one attached hydrogen (secondary N) is 1. The molecule has 0 aromatic carbocycles. The second-order valence-electron chi connectivity index (χ2n) is 3.87. The molecule has 0 aliphatic carbocycles. The molecule has 0 bridgehead atoms. The van der Waals surface area contributed by atoms with Crippen LogP contribution in [0.25, 0.3) is 4.96 Å². The molecule has 5 heteroatoms. The van der Waals surface area contributed by atoms with Crippen molar-refractivity contribution < 1.29 is 0 Å². The van der Waals surface area contributed by atoms with Crippen LogP contribution in [0.4, 0.5) is 0 Å². The van der Waals surface area contributed by atoms with Crippen LogP contribution in [0.5, 0.6) is 0 Å². The number of imidazole rings is 1. The molecular weight excluding hydrogens is 208 g/mol. The predicted molar refractivity (Wildman–Crippen MR) is 63.1 cm³/mol. The molecule has 2 heterocycles. The van der Waals surface area contributed by atoms with E-state index in [1.54, 1.807) is 11.3 Å². The van der Waals surface area contributed by atoms with E-state index in [1.165, 1.54) is 11.4 Å². The number of aromatic nitrogens is 2. The van der Waals surface area contributed by atoms with Crippen molar-refractivity contribution in [1.29, 1.82) is 0 Å². The van der Waals surface area contributed by atoms with Crippen LogP contribution in [0, 0.1) is 13.8 Å². The molecule has 2 aromatic rings. The van der Waals surface area contributed by atoms with E-state index < -0.39 is 0 Å². The van der Waals surface area contributed by atoms with Gasteiger partial charge in [-0.15, -0.1) is 11.3 Å². The number of fused-ring (bicyclic) bond motifs is 1. The highest BCUT2D eigenvalue weighted by Crippen LogP contribution is 2.20. The third-order valence-electron chi connectivity index (χ3n) is 2.39. The second-order valence-corrected chi connectivity index (χ2v) is 4.70. The molecule has 1 N–H and O–H groups in total. The van der Waals surface area contributed by atoms with Gasteiger partial charge in [0, 0.05) is 25.2 Å². The van der Waals surface area contributed by atoms with Crippen molar-refractivity contribution in [3.63, 3.8) is 0 Å².